The lowest BCUT2D eigenvalue weighted by Crippen LogP contribution is -2.68. The first-order chi connectivity index (χ1) is 16.8. The van der Waals surface area contributed by atoms with Crippen molar-refractivity contribution >= 4 is 5.97 Å². The van der Waals surface area contributed by atoms with E-state index >= 15 is 0 Å². The smallest absolute Gasteiger partial charge is 0.347 e. The number of halogens is 1. The van der Waals surface area contributed by atoms with Crippen LogP contribution in [0.1, 0.15) is 60.3 Å². The number of benzene rings is 1. The quantitative estimate of drug-likeness (QED) is 0.278. The van der Waals surface area contributed by atoms with E-state index in [0.29, 0.717) is 24.0 Å². The number of ether oxygens (including phenoxy) is 5. The van der Waals surface area contributed by atoms with Gasteiger partial charge in [0.2, 0.25) is 6.29 Å². The van der Waals surface area contributed by atoms with E-state index in [1.807, 2.05) is 13.8 Å². The van der Waals surface area contributed by atoms with Crippen molar-refractivity contribution < 1.29 is 43.0 Å². The van der Waals surface area contributed by atoms with Gasteiger partial charge >= 0.3 is 5.97 Å². The normalized spacial score (nSPS) is 37.5. The Bertz CT molecular complexity index is 850. The van der Waals surface area contributed by atoms with Crippen molar-refractivity contribution in [1.82, 2.24) is 0 Å². The molecule has 1 saturated carbocycles. The first-order valence-electron chi connectivity index (χ1n) is 12.7. The zero-order valence-electron chi connectivity index (χ0n) is 21.1. The molecule has 4 rings (SSSR count). The van der Waals surface area contributed by atoms with Gasteiger partial charge in [0.25, 0.3) is 0 Å². The minimum absolute atomic E-state index is 0.0492. The van der Waals surface area contributed by atoms with Crippen molar-refractivity contribution in [1.29, 1.82) is 0 Å². The monoisotopic (exact) mass is 496 g/mol. The van der Waals surface area contributed by atoms with Crippen LogP contribution in [0.25, 0.3) is 0 Å². The summed E-state index contributed by atoms with van der Waals surface area (Å²) in [6, 6.07) is 6.97. The number of hydrogen-bond acceptors (Lipinski definition) is 8. The zero-order valence-corrected chi connectivity index (χ0v) is 21.1. The number of esters is 1. The van der Waals surface area contributed by atoms with Crippen LogP contribution in [0.5, 0.6) is 11.5 Å². The number of carbonyl (C=O) groups excluding carboxylic acids is 1. The summed E-state index contributed by atoms with van der Waals surface area (Å²) in [6.45, 7) is 9.90. The number of carbonyl (C=O) groups is 1. The first kappa shape index (κ1) is 26.1. The second-order valence-corrected chi connectivity index (χ2v) is 10.1. The fraction of sp³-hybridized carbons (Fsp3) is 0.731. The Morgan fingerprint density at radius 2 is 1.74 bits per heavy atom. The third-order valence-electron chi connectivity index (χ3n) is 7.89. The Labute approximate surface area is 206 Å². The highest BCUT2D eigenvalue weighted by Crippen LogP contribution is 2.57. The standard InChI is InChI=1S/C26H37FO8/c1-6-29-23(28)18(5)31-19-9-11-20(12-10-19)32-24-17(4)22-13-7-15(2)21-14-8-16(3)30-25(33-24)26(21,22)34-35-27/h9-12,15-18,21-22,24-25H,6-8,13-14H2,1-5H3/t15-,16?,17?,18?,21?,22?,24?,25?,26-/m1/s1. The largest absolute Gasteiger partial charge is 0.479 e. The van der Waals surface area contributed by atoms with E-state index in [0.717, 1.165) is 25.7 Å². The van der Waals surface area contributed by atoms with Gasteiger partial charge in [-0.2, -0.15) is 4.89 Å². The van der Waals surface area contributed by atoms with Gasteiger partial charge in [0.05, 0.1) is 12.7 Å². The third kappa shape index (κ3) is 5.14. The van der Waals surface area contributed by atoms with Crippen molar-refractivity contribution in [3.05, 3.63) is 24.3 Å². The second kappa shape index (κ2) is 11.0. The van der Waals surface area contributed by atoms with E-state index < -0.39 is 30.3 Å². The molecule has 3 aliphatic rings. The Kier molecular flexibility index (Phi) is 8.20. The molecule has 7 unspecified atom stereocenters. The van der Waals surface area contributed by atoms with Gasteiger partial charge in [-0.25, -0.2) is 4.79 Å². The summed E-state index contributed by atoms with van der Waals surface area (Å²) in [5, 5.41) is 3.85. The van der Waals surface area contributed by atoms with Crippen LogP contribution in [-0.2, 0) is 29.0 Å². The van der Waals surface area contributed by atoms with Crippen LogP contribution in [0.4, 0.5) is 4.53 Å². The minimum Gasteiger partial charge on any atom is -0.479 e. The maximum Gasteiger partial charge on any atom is 0.347 e. The van der Waals surface area contributed by atoms with E-state index in [4.69, 9.17) is 28.6 Å². The molecule has 1 aromatic carbocycles. The molecule has 9 atom stereocenters. The van der Waals surface area contributed by atoms with Gasteiger partial charge in [-0.1, -0.05) is 13.8 Å². The lowest BCUT2D eigenvalue weighted by Gasteiger charge is -2.57. The molecule has 196 valence electrons. The van der Waals surface area contributed by atoms with Gasteiger partial charge < -0.3 is 23.7 Å². The van der Waals surface area contributed by atoms with E-state index in [1.54, 1.807) is 38.1 Å². The summed E-state index contributed by atoms with van der Waals surface area (Å²) in [6.07, 6.45) is 1.31. The average molecular weight is 497 g/mol. The van der Waals surface area contributed by atoms with Crippen LogP contribution < -0.4 is 9.47 Å². The highest BCUT2D eigenvalue weighted by Gasteiger charge is 2.65. The average Bonchev–Trinajstić information content (AvgIpc) is 2.97. The van der Waals surface area contributed by atoms with Gasteiger partial charge in [0, 0.05) is 11.8 Å². The molecule has 35 heavy (non-hydrogen) atoms. The van der Waals surface area contributed by atoms with Crippen LogP contribution >= 0.6 is 0 Å². The van der Waals surface area contributed by atoms with E-state index in [1.165, 1.54) is 0 Å². The molecule has 0 amide bonds. The van der Waals surface area contributed by atoms with E-state index in [-0.39, 0.29) is 23.9 Å². The molecule has 3 fully saturated rings. The Morgan fingerprint density at radius 1 is 1.06 bits per heavy atom. The molecule has 2 aliphatic heterocycles. The van der Waals surface area contributed by atoms with Crippen molar-refractivity contribution in [2.45, 2.75) is 90.7 Å². The molecule has 2 saturated heterocycles. The minimum atomic E-state index is -1.03. The number of rotatable bonds is 8. The molecular weight excluding hydrogens is 459 g/mol. The zero-order chi connectivity index (χ0) is 25.2. The topological polar surface area (TPSA) is 81.7 Å². The Morgan fingerprint density at radius 3 is 2.43 bits per heavy atom. The van der Waals surface area contributed by atoms with Crippen LogP contribution in [-0.4, -0.2) is 43.0 Å². The molecule has 0 N–H and O–H groups in total. The van der Waals surface area contributed by atoms with Crippen molar-refractivity contribution in [3.8, 4) is 11.5 Å². The van der Waals surface area contributed by atoms with Crippen LogP contribution in [0.15, 0.2) is 24.3 Å². The molecule has 0 bridgehead atoms. The molecule has 1 aromatic rings. The predicted octanol–water partition coefficient (Wildman–Crippen LogP) is 5.15. The van der Waals surface area contributed by atoms with Gasteiger partial charge in [0.15, 0.2) is 18.0 Å². The van der Waals surface area contributed by atoms with E-state index in [9.17, 15) is 9.32 Å². The van der Waals surface area contributed by atoms with Crippen molar-refractivity contribution in [2.24, 2.45) is 23.7 Å². The highest BCUT2D eigenvalue weighted by molar-refractivity contribution is 5.74. The highest BCUT2D eigenvalue weighted by atomic mass is 19.3. The maximum atomic E-state index is 13.3. The SMILES string of the molecule is CCOC(=O)C(C)Oc1ccc(OC2OC3OC(C)CCC4[C@H](C)CCC(C2C)[C@@]34OOF)cc1. The summed E-state index contributed by atoms with van der Waals surface area (Å²) in [7, 11) is 0. The fourth-order valence-electron chi connectivity index (χ4n) is 6.09. The Hall–Kier alpha value is -1.94. The molecular formula is C26H37FO8. The summed E-state index contributed by atoms with van der Waals surface area (Å²) in [5.74, 6) is 0.889. The summed E-state index contributed by atoms with van der Waals surface area (Å²) < 4.78 is 42.7. The Balaban J connectivity index is 1.51. The lowest BCUT2D eigenvalue weighted by molar-refractivity contribution is -0.531. The van der Waals surface area contributed by atoms with Gasteiger partial charge in [0.1, 0.15) is 11.5 Å². The molecule has 0 aromatic heterocycles. The third-order valence-corrected chi connectivity index (χ3v) is 7.89. The molecule has 8 nitrogen and oxygen atoms in total. The molecule has 1 aliphatic carbocycles. The molecule has 2 heterocycles. The summed E-state index contributed by atoms with van der Waals surface area (Å²) in [5.41, 5.74) is -1.03. The van der Waals surface area contributed by atoms with Gasteiger partial charge in [-0.3, -0.25) is 0 Å². The van der Waals surface area contributed by atoms with Crippen molar-refractivity contribution in [3.63, 3.8) is 0 Å². The fourth-order valence-corrected chi connectivity index (χ4v) is 6.09. The number of hydrogen-bond donors (Lipinski definition) is 0. The van der Waals surface area contributed by atoms with Crippen LogP contribution in [0.3, 0.4) is 0 Å². The maximum absolute atomic E-state index is 13.3. The van der Waals surface area contributed by atoms with Gasteiger partial charge in [-0.05, 0) is 92.2 Å². The summed E-state index contributed by atoms with van der Waals surface area (Å²) >= 11 is 0. The first-order valence-corrected chi connectivity index (χ1v) is 12.7. The van der Waals surface area contributed by atoms with Crippen molar-refractivity contribution in [2.75, 3.05) is 6.61 Å². The van der Waals surface area contributed by atoms with Gasteiger partial charge in [-0.15, -0.1) is 0 Å². The van der Waals surface area contributed by atoms with E-state index in [2.05, 4.69) is 12.0 Å². The second-order valence-electron chi connectivity index (χ2n) is 10.1. The lowest BCUT2D eigenvalue weighted by atomic mass is 9.58. The van der Waals surface area contributed by atoms with Crippen LogP contribution in [0.2, 0.25) is 0 Å². The molecule has 0 spiro atoms. The molecule has 0 radical (unpaired) electrons. The predicted molar refractivity (Wildman–Crippen MR) is 123 cm³/mol. The summed E-state index contributed by atoms with van der Waals surface area (Å²) in [4.78, 5) is 17.3. The molecule has 9 heteroatoms. The van der Waals surface area contributed by atoms with Crippen LogP contribution in [0, 0.1) is 23.7 Å².